The van der Waals surface area contributed by atoms with Crippen molar-refractivity contribution in [3.63, 3.8) is 0 Å². The van der Waals surface area contributed by atoms with E-state index in [2.05, 4.69) is 21.2 Å². The van der Waals surface area contributed by atoms with Crippen LogP contribution in [-0.2, 0) is 0 Å². The Morgan fingerprint density at radius 1 is 1.32 bits per heavy atom. The maximum Gasteiger partial charge on any atom is 0.293 e. The zero-order valence-electron chi connectivity index (χ0n) is 10.2. The number of nitrogens with zero attached hydrogens (tertiary/aromatic N) is 1. The van der Waals surface area contributed by atoms with E-state index in [-0.39, 0.29) is 16.2 Å². The number of nitro benzene ring substituents is 1. The Morgan fingerprint density at radius 2 is 1.89 bits per heavy atom. The summed E-state index contributed by atoms with van der Waals surface area (Å²) in [4.78, 5) is 10.6. The quantitative estimate of drug-likeness (QED) is 0.654. The number of anilines is 1. The summed E-state index contributed by atoms with van der Waals surface area (Å²) >= 11 is 2.99. The smallest absolute Gasteiger partial charge is 0.293 e. The Bertz CT molecular complexity index is 518. The Labute approximate surface area is 118 Å². The van der Waals surface area contributed by atoms with E-state index in [1.165, 1.54) is 37.8 Å². The monoisotopic (exact) mass is 328 g/mol. The molecule has 6 heteroatoms. The van der Waals surface area contributed by atoms with E-state index >= 15 is 0 Å². The summed E-state index contributed by atoms with van der Waals surface area (Å²) in [6.45, 7) is 0. The number of benzene rings is 1. The lowest BCUT2D eigenvalue weighted by atomic mass is 10.1. The SMILES string of the molecule is O=[N+]([O-])c1cc(Br)c(F)cc1NC(C1CC1)C1CC1. The lowest BCUT2D eigenvalue weighted by Crippen LogP contribution is -2.24. The van der Waals surface area contributed by atoms with Gasteiger partial charge < -0.3 is 5.32 Å². The molecule has 2 saturated carbocycles. The number of nitrogens with one attached hydrogen (secondary N) is 1. The van der Waals surface area contributed by atoms with E-state index in [0.717, 1.165) is 0 Å². The summed E-state index contributed by atoms with van der Waals surface area (Å²) in [6.07, 6.45) is 4.67. The van der Waals surface area contributed by atoms with Crippen LogP contribution in [0.1, 0.15) is 25.7 Å². The molecule has 3 rings (SSSR count). The lowest BCUT2D eigenvalue weighted by molar-refractivity contribution is -0.384. The summed E-state index contributed by atoms with van der Waals surface area (Å²) in [6, 6.07) is 2.72. The molecule has 0 heterocycles. The molecule has 0 amide bonds. The average molecular weight is 329 g/mol. The predicted molar refractivity (Wildman–Crippen MR) is 73.6 cm³/mol. The number of rotatable bonds is 5. The first kappa shape index (κ1) is 12.8. The molecule has 0 radical (unpaired) electrons. The van der Waals surface area contributed by atoms with E-state index in [1.54, 1.807) is 0 Å². The molecule has 19 heavy (non-hydrogen) atoms. The molecule has 102 valence electrons. The Balaban J connectivity index is 1.89. The van der Waals surface area contributed by atoms with Crippen LogP contribution in [-0.4, -0.2) is 11.0 Å². The third-order valence-electron chi connectivity index (χ3n) is 3.82. The predicted octanol–water partition coefficient (Wildman–Crippen LogP) is 4.10. The van der Waals surface area contributed by atoms with E-state index in [4.69, 9.17) is 0 Å². The molecule has 0 bridgehead atoms. The Hall–Kier alpha value is -1.17. The third kappa shape index (κ3) is 2.73. The molecular formula is C13H14BrFN2O2. The fourth-order valence-corrected chi connectivity index (χ4v) is 2.85. The second-order valence-corrected chi connectivity index (χ2v) is 6.24. The van der Waals surface area contributed by atoms with Gasteiger partial charge in [0.1, 0.15) is 11.5 Å². The van der Waals surface area contributed by atoms with Gasteiger partial charge in [-0.05, 0) is 53.4 Å². The summed E-state index contributed by atoms with van der Waals surface area (Å²) in [5, 5.41) is 14.3. The van der Waals surface area contributed by atoms with Crippen molar-refractivity contribution in [3.05, 3.63) is 32.5 Å². The highest BCUT2D eigenvalue weighted by molar-refractivity contribution is 9.10. The molecule has 0 spiro atoms. The third-order valence-corrected chi connectivity index (χ3v) is 4.42. The van der Waals surface area contributed by atoms with Gasteiger partial charge in [-0.25, -0.2) is 4.39 Å². The van der Waals surface area contributed by atoms with Crippen LogP contribution in [0.5, 0.6) is 0 Å². The standard InChI is InChI=1S/C13H14BrFN2O2/c14-9-5-12(17(18)19)11(6-10(9)15)16-13(7-1-2-7)8-3-4-8/h5-8,13,16H,1-4H2. The van der Waals surface area contributed by atoms with Crippen LogP contribution >= 0.6 is 15.9 Å². The molecule has 0 saturated heterocycles. The molecule has 0 atom stereocenters. The van der Waals surface area contributed by atoms with Crippen molar-refractivity contribution < 1.29 is 9.31 Å². The van der Waals surface area contributed by atoms with Gasteiger partial charge >= 0.3 is 0 Å². The van der Waals surface area contributed by atoms with E-state index in [9.17, 15) is 14.5 Å². The second kappa shape index (κ2) is 4.74. The minimum Gasteiger partial charge on any atom is -0.376 e. The van der Waals surface area contributed by atoms with Crippen LogP contribution < -0.4 is 5.32 Å². The van der Waals surface area contributed by atoms with Crippen LogP contribution in [0.25, 0.3) is 0 Å². The highest BCUT2D eigenvalue weighted by Crippen LogP contribution is 2.46. The van der Waals surface area contributed by atoms with Gasteiger partial charge in [0, 0.05) is 18.2 Å². The molecule has 1 N–H and O–H groups in total. The molecule has 1 aromatic rings. The topological polar surface area (TPSA) is 55.2 Å². The molecule has 1 aromatic carbocycles. The fraction of sp³-hybridized carbons (Fsp3) is 0.538. The molecule has 2 aliphatic rings. The van der Waals surface area contributed by atoms with Crippen LogP contribution in [0.3, 0.4) is 0 Å². The molecule has 2 aliphatic carbocycles. The van der Waals surface area contributed by atoms with Gasteiger partial charge in [0.2, 0.25) is 0 Å². The maximum absolute atomic E-state index is 13.6. The van der Waals surface area contributed by atoms with Crippen molar-refractivity contribution in [2.24, 2.45) is 11.8 Å². The number of nitro groups is 1. The van der Waals surface area contributed by atoms with Crippen molar-refractivity contribution in [3.8, 4) is 0 Å². The Morgan fingerprint density at radius 3 is 2.37 bits per heavy atom. The zero-order valence-corrected chi connectivity index (χ0v) is 11.8. The average Bonchev–Trinajstić information content (AvgIpc) is 3.23. The van der Waals surface area contributed by atoms with Crippen LogP contribution in [0, 0.1) is 27.8 Å². The molecule has 2 fully saturated rings. The van der Waals surface area contributed by atoms with Crippen LogP contribution in [0.15, 0.2) is 16.6 Å². The summed E-state index contributed by atoms with van der Waals surface area (Å²) in [5.41, 5.74) is 0.231. The maximum atomic E-state index is 13.6. The van der Waals surface area contributed by atoms with Gasteiger partial charge in [-0.1, -0.05) is 0 Å². The minimum absolute atomic E-state index is 0.0698. The number of hydrogen-bond acceptors (Lipinski definition) is 3. The largest absolute Gasteiger partial charge is 0.376 e. The number of hydrogen-bond donors (Lipinski definition) is 1. The molecule has 0 aliphatic heterocycles. The molecular weight excluding hydrogens is 315 g/mol. The first-order chi connectivity index (χ1) is 9.06. The first-order valence-corrected chi connectivity index (χ1v) is 7.25. The number of halogens is 2. The van der Waals surface area contributed by atoms with Crippen molar-refractivity contribution in [1.29, 1.82) is 0 Å². The van der Waals surface area contributed by atoms with E-state index in [0.29, 0.717) is 17.5 Å². The van der Waals surface area contributed by atoms with Crippen molar-refractivity contribution in [2.75, 3.05) is 5.32 Å². The van der Waals surface area contributed by atoms with Gasteiger partial charge in [0.25, 0.3) is 5.69 Å². The van der Waals surface area contributed by atoms with Crippen molar-refractivity contribution >= 4 is 27.3 Å². The van der Waals surface area contributed by atoms with Gasteiger partial charge in [-0.2, -0.15) is 0 Å². The molecule has 0 unspecified atom stereocenters. The van der Waals surface area contributed by atoms with Crippen molar-refractivity contribution in [2.45, 2.75) is 31.7 Å². The van der Waals surface area contributed by atoms with Gasteiger partial charge in [0.05, 0.1) is 9.40 Å². The highest BCUT2D eigenvalue weighted by atomic mass is 79.9. The van der Waals surface area contributed by atoms with Crippen LogP contribution in [0.4, 0.5) is 15.8 Å². The van der Waals surface area contributed by atoms with Gasteiger partial charge in [-0.15, -0.1) is 0 Å². The fourth-order valence-electron chi connectivity index (χ4n) is 2.51. The lowest BCUT2D eigenvalue weighted by Gasteiger charge is -2.19. The Kier molecular flexibility index (Phi) is 3.20. The van der Waals surface area contributed by atoms with Crippen LogP contribution in [0.2, 0.25) is 0 Å². The minimum atomic E-state index is -0.474. The normalized spacial score (nSPS) is 18.7. The second-order valence-electron chi connectivity index (χ2n) is 5.39. The summed E-state index contributed by atoms with van der Waals surface area (Å²) in [5.74, 6) is 0.719. The zero-order chi connectivity index (χ0) is 13.6. The molecule has 0 aromatic heterocycles. The highest BCUT2D eigenvalue weighted by Gasteiger charge is 2.42. The first-order valence-electron chi connectivity index (χ1n) is 6.46. The summed E-state index contributed by atoms with van der Waals surface area (Å²) in [7, 11) is 0. The molecule has 4 nitrogen and oxygen atoms in total. The van der Waals surface area contributed by atoms with Gasteiger partial charge in [0.15, 0.2) is 0 Å². The van der Waals surface area contributed by atoms with E-state index in [1.807, 2.05) is 0 Å². The van der Waals surface area contributed by atoms with Crippen molar-refractivity contribution in [1.82, 2.24) is 0 Å². The van der Waals surface area contributed by atoms with E-state index < -0.39 is 10.7 Å². The van der Waals surface area contributed by atoms with Gasteiger partial charge in [-0.3, -0.25) is 10.1 Å². The summed E-state index contributed by atoms with van der Waals surface area (Å²) < 4.78 is 13.7.